The molecule has 0 saturated carbocycles. The molecule has 2 aromatic carbocycles. The summed E-state index contributed by atoms with van der Waals surface area (Å²) in [6.07, 6.45) is 4.27. The highest BCUT2D eigenvalue weighted by Crippen LogP contribution is 2.42. The highest BCUT2D eigenvalue weighted by atomic mass is 28.3. The first-order valence-corrected chi connectivity index (χ1v) is 14.1. The predicted octanol–water partition coefficient (Wildman–Crippen LogP) is 5.20. The summed E-state index contributed by atoms with van der Waals surface area (Å²) in [5.74, 6) is 0.178. The molecule has 1 saturated heterocycles. The number of hydrogen-bond donors (Lipinski definition) is 1. The number of benzene rings is 2. The molecule has 0 radical (unpaired) electrons. The number of carbonyl (C=O) groups excluding carboxylic acids is 1. The molecule has 1 aliphatic heterocycles. The lowest BCUT2D eigenvalue weighted by molar-refractivity contribution is -0.136. The van der Waals surface area contributed by atoms with Gasteiger partial charge in [-0.15, -0.1) is 6.58 Å². The van der Waals surface area contributed by atoms with Crippen molar-refractivity contribution in [1.82, 2.24) is 4.90 Å². The van der Waals surface area contributed by atoms with Gasteiger partial charge in [0.1, 0.15) is 5.60 Å². The van der Waals surface area contributed by atoms with E-state index in [2.05, 4.69) is 26.2 Å². The molecule has 0 aliphatic carbocycles. The van der Waals surface area contributed by atoms with E-state index >= 15 is 0 Å². The van der Waals surface area contributed by atoms with Crippen molar-refractivity contribution in [3.05, 3.63) is 84.4 Å². The maximum atomic E-state index is 13.7. The Hall–Kier alpha value is -2.17. The molecule has 3 nitrogen and oxygen atoms in total. The van der Waals surface area contributed by atoms with Crippen LogP contribution in [0.25, 0.3) is 0 Å². The predicted molar refractivity (Wildman–Crippen MR) is 123 cm³/mol. The molecule has 0 spiro atoms. The third-order valence-corrected chi connectivity index (χ3v) is 8.77. The number of nitrogens with zero attached hydrogens (tertiary/aromatic N) is 1. The fourth-order valence-corrected chi connectivity index (χ4v) is 6.37. The average molecular weight is 408 g/mol. The number of hydrogen-bond acceptors (Lipinski definition) is 2. The zero-order chi connectivity index (χ0) is 21.1. The van der Waals surface area contributed by atoms with E-state index in [1.54, 1.807) is 0 Å². The lowest BCUT2D eigenvalue weighted by Crippen LogP contribution is -2.53. The molecule has 0 aromatic heterocycles. The van der Waals surface area contributed by atoms with Crippen LogP contribution in [0.1, 0.15) is 30.4 Å². The third kappa shape index (κ3) is 4.24. The minimum absolute atomic E-state index is 0.0172. The smallest absolute Gasteiger partial charge is 0.223 e. The zero-order valence-electron chi connectivity index (χ0n) is 17.8. The molecule has 1 aliphatic rings. The van der Waals surface area contributed by atoms with Crippen molar-refractivity contribution in [2.24, 2.45) is 0 Å². The van der Waals surface area contributed by atoms with E-state index in [0.717, 1.165) is 24.0 Å². The van der Waals surface area contributed by atoms with Gasteiger partial charge in [-0.2, -0.15) is 0 Å². The van der Waals surface area contributed by atoms with Crippen LogP contribution < -0.4 is 0 Å². The maximum absolute atomic E-state index is 13.7. The molecule has 29 heavy (non-hydrogen) atoms. The molecule has 3 rings (SSSR count). The number of rotatable bonds is 7. The Morgan fingerprint density at radius 1 is 1.14 bits per heavy atom. The summed E-state index contributed by atoms with van der Waals surface area (Å²) in [5.41, 5.74) is 0.428. The molecule has 154 valence electrons. The SMILES string of the molecule is C=CC[C@@H](C(=O)N1CCC[C@H]1C(O)(c1ccccc1)c1ccccc1)[Si](C)(C)C. The van der Waals surface area contributed by atoms with Gasteiger partial charge in [-0.05, 0) is 30.4 Å². The summed E-state index contributed by atoms with van der Waals surface area (Å²) in [4.78, 5) is 15.7. The van der Waals surface area contributed by atoms with Crippen LogP contribution in [0.15, 0.2) is 73.3 Å². The van der Waals surface area contributed by atoms with Gasteiger partial charge in [0.25, 0.3) is 0 Å². The van der Waals surface area contributed by atoms with Gasteiger partial charge >= 0.3 is 0 Å². The fourth-order valence-electron chi connectivity index (χ4n) is 4.59. The van der Waals surface area contributed by atoms with Crippen molar-refractivity contribution >= 4 is 14.0 Å². The van der Waals surface area contributed by atoms with Gasteiger partial charge in [-0.3, -0.25) is 4.79 Å². The number of aliphatic hydroxyl groups is 1. The van der Waals surface area contributed by atoms with Crippen molar-refractivity contribution in [1.29, 1.82) is 0 Å². The molecule has 1 amide bonds. The average Bonchev–Trinajstić information content (AvgIpc) is 3.22. The van der Waals surface area contributed by atoms with Crippen LogP contribution in [0.2, 0.25) is 25.2 Å². The van der Waals surface area contributed by atoms with Gasteiger partial charge in [-0.25, -0.2) is 0 Å². The Morgan fingerprint density at radius 2 is 1.66 bits per heavy atom. The van der Waals surface area contributed by atoms with E-state index in [-0.39, 0.29) is 17.5 Å². The Morgan fingerprint density at radius 3 is 2.10 bits per heavy atom. The molecule has 1 N–H and O–H groups in total. The number of allylic oxidation sites excluding steroid dienone is 1. The van der Waals surface area contributed by atoms with Crippen LogP contribution in [-0.4, -0.2) is 36.6 Å². The molecule has 4 heteroatoms. The summed E-state index contributed by atoms with van der Waals surface area (Å²) < 4.78 is 0. The summed E-state index contributed by atoms with van der Waals surface area (Å²) >= 11 is 0. The summed E-state index contributed by atoms with van der Waals surface area (Å²) in [6.45, 7) is 11.3. The first-order valence-electron chi connectivity index (χ1n) is 10.5. The standard InChI is InChI=1S/C25H33NO2Si/c1-5-13-22(29(2,3)4)24(27)26-19-12-18-23(26)25(28,20-14-8-6-9-15-20)21-16-10-7-11-17-21/h5-11,14-17,22-23,28H,1,12-13,18-19H2,2-4H3/t22-,23-/m0/s1. The van der Waals surface area contributed by atoms with E-state index in [1.165, 1.54) is 0 Å². The van der Waals surface area contributed by atoms with Gasteiger partial charge in [0.2, 0.25) is 5.91 Å². The van der Waals surface area contributed by atoms with Gasteiger partial charge in [0.15, 0.2) is 0 Å². The quantitative estimate of drug-likeness (QED) is 0.506. The maximum Gasteiger partial charge on any atom is 0.223 e. The molecular weight excluding hydrogens is 374 g/mol. The minimum Gasteiger partial charge on any atom is -0.378 e. The Labute approximate surface area is 176 Å². The molecular formula is C25H33NO2Si. The fraction of sp³-hybridized carbons (Fsp3) is 0.400. The zero-order valence-corrected chi connectivity index (χ0v) is 18.8. The Bertz CT molecular complexity index is 789. The first kappa shape index (κ1) is 21.5. The lowest BCUT2D eigenvalue weighted by Gasteiger charge is -2.42. The van der Waals surface area contributed by atoms with E-state index in [0.29, 0.717) is 13.0 Å². The van der Waals surface area contributed by atoms with Crippen LogP contribution >= 0.6 is 0 Å². The largest absolute Gasteiger partial charge is 0.378 e. The molecule has 2 aromatic rings. The minimum atomic E-state index is -1.73. The molecule has 0 bridgehead atoms. The van der Waals surface area contributed by atoms with Gasteiger partial charge in [0.05, 0.1) is 14.1 Å². The second-order valence-electron chi connectivity index (χ2n) is 9.13. The normalized spacial score (nSPS) is 18.5. The monoisotopic (exact) mass is 407 g/mol. The Balaban J connectivity index is 2.06. The lowest BCUT2D eigenvalue weighted by atomic mass is 9.79. The number of amides is 1. The summed E-state index contributed by atoms with van der Waals surface area (Å²) in [7, 11) is -1.73. The van der Waals surface area contributed by atoms with Crippen molar-refractivity contribution in [2.75, 3.05) is 6.54 Å². The second kappa shape index (κ2) is 8.68. The van der Waals surface area contributed by atoms with Crippen molar-refractivity contribution < 1.29 is 9.90 Å². The second-order valence-corrected chi connectivity index (χ2v) is 14.6. The van der Waals surface area contributed by atoms with E-state index in [4.69, 9.17) is 0 Å². The van der Waals surface area contributed by atoms with Crippen LogP contribution in [0, 0.1) is 0 Å². The van der Waals surface area contributed by atoms with Crippen LogP contribution in [0.5, 0.6) is 0 Å². The number of likely N-dealkylation sites (tertiary alicyclic amines) is 1. The van der Waals surface area contributed by atoms with Crippen LogP contribution in [0.3, 0.4) is 0 Å². The highest BCUT2D eigenvalue weighted by molar-refractivity contribution is 6.80. The van der Waals surface area contributed by atoms with E-state index in [1.807, 2.05) is 71.6 Å². The highest BCUT2D eigenvalue weighted by Gasteiger charge is 2.49. The van der Waals surface area contributed by atoms with E-state index < -0.39 is 13.7 Å². The van der Waals surface area contributed by atoms with Crippen molar-refractivity contribution in [3.63, 3.8) is 0 Å². The van der Waals surface area contributed by atoms with Crippen molar-refractivity contribution in [2.45, 2.75) is 56.1 Å². The topological polar surface area (TPSA) is 40.5 Å². The molecule has 1 fully saturated rings. The van der Waals surface area contributed by atoms with Gasteiger partial charge < -0.3 is 10.0 Å². The van der Waals surface area contributed by atoms with Gasteiger partial charge in [0, 0.05) is 12.1 Å². The van der Waals surface area contributed by atoms with Crippen molar-refractivity contribution in [3.8, 4) is 0 Å². The summed E-state index contributed by atoms with van der Waals surface area (Å²) in [6, 6.07) is 19.3. The van der Waals surface area contributed by atoms with Gasteiger partial charge in [-0.1, -0.05) is 86.4 Å². The molecule has 2 atom stereocenters. The van der Waals surface area contributed by atoms with E-state index in [9.17, 15) is 9.90 Å². The summed E-state index contributed by atoms with van der Waals surface area (Å²) in [5, 5.41) is 12.2. The first-order chi connectivity index (χ1) is 13.8. The number of carbonyl (C=O) groups is 1. The van der Waals surface area contributed by atoms with Crippen LogP contribution in [-0.2, 0) is 10.4 Å². The Kier molecular flexibility index (Phi) is 6.44. The molecule has 0 unspecified atom stereocenters. The third-order valence-electron chi connectivity index (χ3n) is 6.19. The van der Waals surface area contributed by atoms with Crippen LogP contribution in [0.4, 0.5) is 0 Å². The molecule has 1 heterocycles.